The number of hydrogen-bond donors (Lipinski definition) is 1. The number of anilines is 1. The number of hydrogen-bond acceptors (Lipinski definition) is 6. The topological polar surface area (TPSA) is 111 Å². The number of fused-ring (bicyclic) bond motifs is 1. The number of likely N-dealkylation sites (tertiary alicyclic amines) is 1. The zero-order chi connectivity index (χ0) is 23.0. The first-order chi connectivity index (χ1) is 15.3. The van der Waals surface area contributed by atoms with Gasteiger partial charge in [-0.1, -0.05) is 11.6 Å². The Kier molecular flexibility index (Phi) is 6.23. The summed E-state index contributed by atoms with van der Waals surface area (Å²) in [5.41, 5.74) is 6.99. The van der Waals surface area contributed by atoms with Gasteiger partial charge in [-0.3, -0.25) is 14.2 Å². The fourth-order valence-electron chi connectivity index (χ4n) is 4.58. The molecule has 1 unspecified atom stereocenters. The predicted octanol–water partition coefficient (Wildman–Crippen LogP) is 0.413. The van der Waals surface area contributed by atoms with Gasteiger partial charge in [0.2, 0.25) is 11.9 Å². The van der Waals surface area contributed by atoms with Crippen molar-refractivity contribution in [1.29, 1.82) is 0 Å². The largest absolute Gasteiger partial charge is 0.341 e. The number of piperidine rings is 1. The molecule has 0 bridgehead atoms. The first kappa shape index (κ1) is 22.3. The molecule has 0 saturated carbocycles. The predicted molar refractivity (Wildman–Crippen MR) is 124 cm³/mol. The summed E-state index contributed by atoms with van der Waals surface area (Å²) >= 11 is 0. The van der Waals surface area contributed by atoms with Gasteiger partial charge in [-0.05, 0) is 39.5 Å². The van der Waals surface area contributed by atoms with E-state index in [-0.39, 0.29) is 18.5 Å². The Balaban J connectivity index is 1.86. The lowest BCUT2D eigenvalue weighted by Gasteiger charge is -2.31. The van der Waals surface area contributed by atoms with Gasteiger partial charge in [0.1, 0.15) is 6.54 Å². The van der Waals surface area contributed by atoms with Crippen LogP contribution in [0.25, 0.3) is 11.2 Å². The quantitative estimate of drug-likeness (QED) is 0.670. The number of nitrogens with zero attached hydrogens (tertiary/aromatic N) is 6. The lowest BCUT2D eigenvalue weighted by molar-refractivity contribution is -0.130. The van der Waals surface area contributed by atoms with Gasteiger partial charge in [0.15, 0.2) is 11.2 Å². The van der Waals surface area contributed by atoms with Crippen molar-refractivity contribution in [3.8, 4) is 0 Å². The van der Waals surface area contributed by atoms with E-state index in [9.17, 15) is 14.4 Å². The Morgan fingerprint density at radius 3 is 2.50 bits per heavy atom. The van der Waals surface area contributed by atoms with Gasteiger partial charge < -0.3 is 20.1 Å². The summed E-state index contributed by atoms with van der Waals surface area (Å²) in [7, 11) is 1.60. The summed E-state index contributed by atoms with van der Waals surface area (Å²) in [6.45, 7) is 6.99. The van der Waals surface area contributed by atoms with Gasteiger partial charge >= 0.3 is 5.69 Å². The van der Waals surface area contributed by atoms with E-state index < -0.39 is 11.2 Å². The summed E-state index contributed by atoms with van der Waals surface area (Å²) in [5.74, 6) is 0.446. The highest BCUT2D eigenvalue weighted by atomic mass is 16.2. The number of carbonyl (C=O) groups excluding carboxylic acids is 1. The molecule has 2 fully saturated rings. The molecule has 10 heteroatoms. The standard InChI is InChI=1S/C22H33N7O3/c1-15(2)8-12-28-18-19(24-21(28)27-11-6-7-16(23)13-27)25(3)22(32)29(20(18)31)14-17(30)26-9-4-5-10-26/h8,16H,4-7,9-14,23H2,1-3H3. The first-order valence-electron chi connectivity index (χ1n) is 11.4. The van der Waals surface area contributed by atoms with Crippen LogP contribution in [0, 0.1) is 0 Å². The zero-order valence-corrected chi connectivity index (χ0v) is 19.2. The molecule has 4 rings (SSSR count). The van der Waals surface area contributed by atoms with Crippen LogP contribution in [0.5, 0.6) is 0 Å². The van der Waals surface area contributed by atoms with Crippen molar-refractivity contribution >= 4 is 23.0 Å². The molecule has 0 spiro atoms. The van der Waals surface area contributed by atoms with E-state index in [0.717, 1.165) is 42.4 Å². The molecule has 4 heterocycles. The van der Waals surface area contributed by atoms with E-state index in [1.165, 1.54) is 4.57 Å². The van der Waals surface area contributed by atoms with E-state index >= 15 is 0 Å². The maximum absolute atomic E-state index is 13.5. The average molecular weight is 444 g/mol. The molecule has 174 valence electrons. The maximum atomic E-state index is 13.5. The number of aromatic nitrogens is 4. The van der Waals surface area contributed by atoms with Crippen LogP contribution in [-0.2, 0) is 24.9 Å². The third-order valence-corrected chi connectivity index (χ3v) is 6.39. The van der Waals surface area contributed by atoms with Crippen molar-refractivity contribution in [2.45, 2.75) is 58.7 Å². The SMILES string of the molecule is CC(C)=CCn1c(N2CCCC(N)C2)nc2c1c(=O)n(CC(=O)N1CCCC1)c(=O)n2C. The Morgan fingerprint density at radius 2 is 1.84 bits per heavy atom. The zero-order valence-electron chi connectivity index (χ0n) is 19.2. The summed E-state index contributed by atoms with van der Waals surface area (Å²) < 4.78 is 4.29. The van der Waals surface area contributed by atoms with Crippen LogP contribution < -0.4 is 21.9 Å². The number of nitrogens with two attached hydrogens (primary N) is 1. The van der Waals surface area contributed by atoms with Gasteiger partial charge in [-0.25, -0.2) is 9.36 Å². The van der Waals surface area contributed by atoms with Crippen LogP contribution in [0.4, 0.5) is 5.95 Å². The summed E-state index contributed by atoms with van der Waals surface area (Å²) in [6, 6.07) is 0.0408. The molecule has 2 aromatic rings. The summed E-state index contributed by atoms with van der Waals surface area (Å²) in [5, 5.41) is 0. The molecular formula is C22H33N7O3. The van der Waals surface area contributed by atoms with Gasteiger partial charge in [0.05, 0.1) is 0 Å². The molecule has 2 aliphatic heterocycles. The smallest absolute Gasteiger partial charge is 0.332 e. The molecule has 0 aliphatic carbocycles. The van der Waals surface area contributed by atoms with E-state index in [1.807, 2.05) is 24.5 Å². The van der Waals surface area contributed by atoms with Crippen molar-refractivity contribution in [2.75, 3.05) is 31.1 Å². The Bertz CT molecular complexity index is 1160. The molecule has 2 aliphatic rings. The minimum absolute atomic E-state index is 0.0408. The molecule has 2 aromatic heterocycles. The average Bonchev–Trinajstić information content (AvgIpc) is 3.42. The molecule has 1 amide bonds. The van der Waals surface area contributed by atoms with Crippen LogP contribution in [-0.4, -0.2) is 61.7 Å². The molecule has 1 atom stereocenters. The molecule has 10 nitrogen and oxygen atoms in total. The lowest BCUT2D eigenvalue weighted by atomic mass is 10.1. The number of rotatable bonds is 5. The lowest BCUT2D eigenvalue weighted by Crippen LogP contribution is -2.44. The van der Waals surface area contributed by atoms with Crippen molar-refractivity contribution in [3.63, 3.8) is 0 Å². The fraction of sp³-hybridized carbons (Fsp3) is 0.636. The molecule has 32 heavy (non-hydrogen) atoms. The number of aryl methyl sites for hydroxylation is 1. The normalized spacial score (nSPS) is 19.1. The number of carbonyl (C=O) groups is 1. The molecular weight excluding hydrogens is 410 g/mol. The van der Waals surface area contributed by atoms with Gasteiger partial charge in [0, 0.05) is 45.8 Å². The third-order valence-electron chi connectivity index (χ3n) is 6.39. The fourth-order valence-corrected chi connectivity index (χ4v) is 4.58. The number of imidazole rings is 1. The Morgan fingerprint density at radius 1 is 1.12 bits per heavy atom. The minimum Gasteiger partial charge on any atom is -0.341 e. The van der Waals surface area contributed by atoms with E-state index in [4.69, 9.17) is 10.7 Å². The van der Waals surface area contributed by atoms with Crippen molar-refractivity contribution in [2.24, 2.45) is 12.8 Å². The van der Waals surface area contributed by atoms with E-state index in [1.54, 1.807) is 11.9 Å². The van der Waals surface area contributed by atoms with Crippen LogP contribution in [0.1, 0.15) is 39.5 Å². The van der Waals surface area contributed by atoms with Crippen molar-refractivity contribution < 1.29 is 4.79 Å². The van der Waals surface area contributed by atoms with Crippen LogP contribution >= 0.6 is 0 Å². The van der Waals surface area contributed by atoms with Gasteiger partial charge in [-0.15, -0.1) is 0 Å². The molecule has 0 radical (unpaired) electrons. The van der Waals surface area contributed by atoms with Crippen molar-refractivity contribution in [3.05, 3.63) is 32.5 Å². The second-order valence-corrected chi connectivity index (χ2v) is 9.15. The van der Waals surface area contributed by atoms with Gasteiger partial charge in [0.25, 0.3) is 5.56 Å². The Labute approximate surface area is 186 Å². The minimum atomic E-state index is -0.524. The third kappa shape index (κ3) is 4.11. The molecule has 2 saturated heterocycles. The van der Waals surface area contributed by atoms with E-state index in [2.05, 4.69) is 4.90 Å². The molecule has 2 N–H and O–H groups in total. The van der Waals surface area contributed by atoms with Crippen LogP contribution in [0.2, 0.25) is 0 Å². The first-order valence-corrected chi connectivity index (χ1v) is 11.4. The molecule has 0 aromatic carbocycles. The van der Waals surface area contributed by atoms with Crippen LogP contribution in [0.3, 0.4) is 0 Å². The van der Waals surface area contributed by atoms with Crippen molar-refractivity contribution in [1.82, 2.24) is 23.6 Å². The summed E-state index contributed by atoms with van der Waals surface area (Å²) in [6.07, 6.45) is 5.83. The second kappa shape index (κ2) is 8.93. The highest BCUT2D eigenvalue weighted by molar-refractivity contribution is 5.78. The monoisotopic (exact) mass is 443 g/mol. The highest BCUT2D eigenvalue weighted by Gasteiger charge is 2.27. The van der Waals surface area contributed by atoms with Crippen LogP contribution in [0.15, 0.2) is 21.2 Å². The highest BCUT2D eigenvalue weighted by Crippen LogP contribution is 2.23. The van der Waals surface area contributed by atoms with Gasteiger partial charge in [-0.2, -0.15) is 4.98 Å². The second-order valence-electron chi connectivity index (χ2n) is 9.15. The Hall–Kier alpha value is -2.88. The number of allylic oxidation sites excluding steroid dienone is 2. The summed E-state index contributed by atoms with van der Waals surface area (Å²) in [4.78, 5) is 47.8. The maximum Gasteiger partial charge on any atom is 0.332 e. The van der Waals surface area contributed by atoms with E-state index in [0.29, 0.717) is 43.3 Å². The number of amides is 1.